The lowest BCUT2D eigenvalue weighted by Gasteiger charge is -2.22. The molecule has 2 rings (SSSR count). The van der Waals surface area contributed by atoms with Crippen molar-refractivity contribution in [2.24, 2.45) is 0 Å². The number of allylic oxidation sites excluding steroid dienone is 2. The van der Waals surface area contributed by atoms with E-state index in [2.05, 4.69) is 5.32 Å². The summed E-state index contributed by atoms with van der Waals surface area (Å²) in [4.78, 5) is 25.9. The van der Waals surface area contributed by atoms with Crippen LogP contribution in [0.15, 0.2) is 35.7 Å². The molecular formula is C17H20N2O4. The molecule has 6 heteroatoms. The Kier molecular flexibility index (Phi) is 4.86. The van der Waals surface area contributed by atoms with Crippen LogP contribution in [0, 0.1) is 13.8 Å². The van der Waals surface area contributed by atoms with Crippen molar-refractivity contribution in [1.82, 2.24) is 4.90 Å². The smallest absolute Gasteiger partial charge is 0.204 e. The number of benzene rings is 1. The van der Waals surface area contributed by atoms with Crippen molar-refractivity contribution in [2.75, 3.05) is 25.5 Å². The Morgan fingerprint density at radius 2 is 1.70 bits per heavy atom. The first-order valence-electron chi connectivity index (χ1n) is 7.24. The first kappa shape index (κ1) is 16.8. The van der Waals surface area contributed by atoms with Gasteiger partial charge in [-0.2, -0.15) is 0 Å². The van der Waals surface area contributed by atoms with Gasteiger partial charge in [-0.05, 0) is 37.1 Å². The van der Waals surface area contributed by atoms with Gasteiger partial charge in [0.1, 0.15) is 5.75 Å². The minimum absolute atomic E-state index is 0.101. The molecule has 122 valence electrons. The van der Waals surface area contributed by atoms with Crippen LogP contribution in [0.4, 0.5) is 5.69 Å². The summed E-state index contributed by atoms with van der Waals surface area (Å²) in [6.45, 7) is 3.70. The monoisotopic (exact) mass is 316 g/mol. The molecule has 0 heterocycles. The van der Waals surface area contributed by atoms with Crippen LogP contribution < -0.4 is 5.32 Å². The van der Waals surface area contributed by atoms with Gasteiger partial charge in [0, 0.05) is 31.4 Å². The van der Waals surface area contributed by atoms with Crippen molar-refractivity contribution in [3.63, 3.8) is 0 Å². The number of anilines is 1. The summed E-state index contributed by atoms with van der Waals surface area (Å²) in [6, 6.07) is 3.41. The number of nitrogens with zero attached hydrogens (tertiary/aromatic N) is 1. The summed E-state index contributed by atoms with van der Waals surface area (Å²) in [6.07, 6.45) is 2.52. The maximum Gasteiger partial charge on any atom is 0.204 e. The molecule has 1 aliphatic rings. The highest BCUT2D eigenvalue weighted by molar-refractivity contribution is 6.20. The zero-order chi connectivity index (χ0) is 17.1. The van der Waals surface area contributed by atoms with Crippen LogP contribution >= 0.6 is 0 Å². The fourth-order valence-corrected chi connectivity index (χ4v) is 2.40. The third-order valence-corrected chi connectivity index (χ3v) is 3.68. The van der Waals surface area contributed by atoms with Crippen molar-refractivity contribution in [2.45, 2.75) is 13.8 Å². The minimum atomic E-state index is -0.312. The van der Waals surface area contributed by atoms with Crippen molar-refractivity contribution >= 4 is 17.3 Å². The molecule has 0 radical (unpaired) electrons. The first-order valence-corrected chi connectivity index (χ1v) is 7.24. The molecule has 1 aliphatic carbocycles. The van der Waals surface area contributed by atoms with Gasteiger partial charge in [-0.3, -0.25) is 9.59 Å². The molecule has 0 amide bonds. The highest BCUT2D eigenvalue weighted by Gasteiger charge is 2.23. The van der Waals surface area contributed by atoms with Gasteiger partial charge >= 0.3 is 0 Å². The predicted molar refractivity (Wildman–Crippen MR) is 87.1 cm³/mol. The van der Waals surface area contributed by atoms with E-state index in [-0.39, 0.29) is 41.9 Å². The van der Waals surface area contributed by atoms with Crippen LogP contribution in [0.5, 0.6) is 5.75 Å². The van der Waals surface area contributed by atoms with Crippen molar-refractivity contribution < 1.29 is 19.8 Å². The summed E-state index contributed by atoms with van der Waals surface area (Å²) in [5.74, 6) is -0.397. The van der Waals surface area contributed by atoms with Gasteiger partial charge in [-0.15, -0.1) is 0 Å². The van der Waals surface area contributed by atoms with E-state index in [4.69, 9.17) is 5.11 Å². The number of phenolic OH excluding ortho intramolecular Hbond substituents is 1. The Morgan fingerprint density at radius 3 is 2.26 bits per heavy atom. The molecule has 23 heavy (non-hydrogen) atoms. The van der Waals surface area contributed by atoms with Crippen LogP contribution in [0.1, 0.15) is 11.1 Å². The average Bonchev–Trinajstić information content (AvgIpc) is 2.48. The van der Waals surface area contributed by atoms with Gasteiger partial charge in [0.05, 0.1) is 18.0 Å². The normalized spacial score (nSPS) is 14.4. The minimum Gasteiger partial charge on any atom is -0.507 e. The number of carbonyl (C=O) groups excluding carboxylic acids is 2. The van der Waals surface area contributed by atoms with E-state index in [9.17, 15) is 14.7 Å². The van der Waals surface area contributed by atoms with Crippen molar-refractivity contribution in [3.05, 3.63) is 46.8 Å². The van der Waals surface area contributed by atoms with Crippen molar-refractivity contribution in [3.8, 4) is 5.75 Å². The Morgan fingerprint density at radius 1 is 1.09 bits per heavy atom. The lowest BCUT2D eigenvalue weighted by molar-refractivity contribution is -0.116. The number of hydrogen-bond acceptors (Lipinski definition) is 6. The second kappa shape index (κ2) is 6.66. The molecule has 0 bridgehead atoms. The molecule has 6 nitrogen and oxygen atoms in total. The van der Waals surface area contributed by atoms with E-state index in [1.165, 1.54) is 12.2 Å². The lowest BCUT2D eigenvalue weighted by Crippen LogP contribution is -2.30. The van der Waals surface area contributed by atoms with Gasteiger partial charge in [-0.25, -0.2) is 0 Å². The fraction of sp³-hybridized carbons (Fsp3) is 0.294. The van der Waals surface area contributed by atoms with Gasteiger partial charge in [0.2, 0.25) is 11.6 Å². The molecule has 0 saturated carbocycles. The third kappa shape index (κ3) is 3.60. The van der Waals surface area contributed by atoms with Gasteiger partial charge in [0.15, 0.2) is 0 Å². The van der Waals surface area contributed by atoms with Gasteiger partial charge < -0.3 is 20.4 Å². The lowest BCUT2D eigenvalue weighted by atomic mass is 10.0. The van der Waals surface area contributed by atoms with Crippen LogP contribution in [0.2, 0.25) is 0 Å². The summed E-state index contributed by atoms with van der Waals surface area (Å²) >= 11 is 0. The highest BCUT2D eigenvalue weighted by atomic mass is 16.3. The SMILES string of the molecule is Cc1cc(NC2=CC(=O)C(N(C)CCO)=CC2=O)cc(C)c1O. The van der Waals surface area contributed by atoms with E-state index in [0.717, 1.165) is 0 Å². The van der Waals surface area contributed by atoms with Crippen LogP contribution in [-0.4, -0.2) is 46.9 Å². The molecule has 0 aromatic heterocycles. The number of nitrogens with one attached hydrogen (secondary N) is 1. The molecule has 0 fully saturated rings. The average molecular weight is 316 g/mol. The predicted octanol–water partition coefficient (Wildman–Crippen LogP) is 1.26. The zero-order valence-electron chi connectivity index (χ0n) is 13.4. The number of likely N-dealkylation sites (N-methyl/N-ethyl adjacent to an activating group) is 1. The number of aliphatic hydroxyl groups excluding tert-OH is 1. The number of carbonyl (C=O) groups is 2. The first-order chi connectivity index (χ1) is 10.8. The quantitative estimate of drug-likeness (QED) is 0.560. The van der Waals surface area contributed by atoms with Crippen LogP contribution in [0.25, 0.3) is 0 Å². The molecule has 1 aromatic carbocycles. The topological polar surface area (TPSA) is 89.9 Å². The molecule has 0 aliphatic heterocycles. The molecule has 0 spiro atoms. The Balaban J connectivity index is 2.22. The Labute approximate surface area is 134 Å². The van der Waals surface area contributed by atoms with Crippen LogP contribution in [0.3, 0.4) is 0 Å². The van der Waals surface area contributed by atoms with Crippen LogP contribution in [-0.2, 0) is 9.59 Å². The number of aryl methyl sites for hydroxylation is 2. The molecular weight excluding hydrogens is 296 g/mol. The van der Waals surface area contributed by atoms with Gasteiger partial charge in [-0.1, -0.05) is 0 Å². The fourth-order valence-electron chi connectivity index (χ4n) is 2.40. The second-order valence-corrected chi connectivity index (χ2v) is 5.54. The molecule has 0 unspecified atom stereocenters. The zero-order valence-corrected chi connectivity index (χ0v) is 13.4. The maximum atomic E-state index is 12.2. The van der Waals surface area contributed by atoms with E-state index in [0.29, 0.717) is 16.8 Å². The Hall–Kier alpha value is -2.60. The number of hydrogen-bond donors (Lipinski definition) is 3. The Bertz CT molecular complexity index is 696. The number of rotatable bonds is 5. The summed E-state index contributed by atoms with van der Waals surface area (Å²) in [5.41, 5.74) is 2.43. The van der Waals surface area contributed by atoms with E-state index < -0.39 is 0 Å². The largest absolute Gasteiger partial charge is 0.507 e. The van der Waals surface area contributed by atoms with Crippen molar-refractivity contribution in [1.29, 1.82) is 0 Å². The van der Waals surface area contributed by atoms with E-state index >= 15 is 0 Å². The number of ketones is 2. The van der Waals surface area contributed by atoms with E-state index in [1.54, 1.807) is 37.9 Å². The second-order valence-electron chi connectivity index (χ2n) is 5.54. The van der Waals surface area contributed by atoms with Gasteiger partial charge in [0.25, 0.3) is 0 Å². The number of aliphatic hydroxyl groups is 1. The summed E-state index contributed by atoms with van der Waals surface area (Å²) < 4.78 is 0. The summed E-state index contributed by atoms with van der Waals surface area (Å²) in [5, 5.41) is 21.6. The number of aromatic hydroxyl groups is 1. The summed E-state index contributed by atoms with van der Waals surface area (Å²) in [7, 11) is 1.65. The molecule has 0 atom stereocenters. The molecule has 1 aromatic rings. The van der Waals surface area contributed by atoms with E-state index in [1.807, 2.05) is 0 Å². The number of phenols is 1. The molecule has 3 N–H and O–H groups in total. The third-order valence-electron chi connectivity index (χ3n) is 3.68. The standard InChI is InChI=1S/C17H20N2O4/c1-10-6-12(7-11(2)17(10)23)18-13-8-16(22)14(9-15(13)21)19(3)4-5-20/h6-9,18,20,23H,4-5H2,1-3H3. The molecule has 0 saturated heterocycles. The maximum absolute atomic E-state index is 12.2. The highest BCUT2D eigenvalue weighted by Crippen LogP contribution is 2.27.